The Bertz CT molecular complexity index is 465. The molecule has 0 radical (unpaired) electrons. The number of nitrogens with one attached hydrogen (secondary N) is 2. The monoisotopic (exact) mass is 280 g/mol. The highest BCUT2D eigenvalue weighted by Crippen LogP contribution is 2.19. The third kappa shape index (κ3) is 3.28. The number of hydrogen-bond acceptors (Lipinski definition) is 2. The zero-order valence-corrected chi connectivity index (χ0v) is 12.4. The molecular weight excluding hydrogens is 260 g/mol. The predicted octanol–water partition coefficient (Wildman–Crippen LogP) is 2.76. The molecule has 1 aliphatic rings. The molecule has 3 unspecified atom stereocenters. The SMILES string of the molecule is Cc1cc(Cl)ccc1C(=O)NC1C(C)CCNC1C. The van der Waals surface area contributed by atoms with Gasteiger partial charge in [-0.1, -0.05) is 18.5 Å². The molecule has 19 heavy (non-hydrogen) atoms. The van der Waals surface area contributed by atoms with E-state index in [9.17, 15) is 4.79 Å². The number of hydrogen-bond donors (Lipinski definition) is 2. The van der Waals surface area contributed by atoms with Gasteiger partial charge in [-0.15, -0.1) is 0 Å². The van der Waals surface area contributed by atoms with Crippen LogP contribution < -0.4 is 10.6 Å². The van der Waals surface area contributed by atoms with Crippen LogP contribution in [0.4, 0.5) is 0 Å². The highest BCUT2D eigenvalue weighted by molar-refractivity contribution is 6.30. The lowest BCUT2D eigenvalue weighted by atomic mass is 9.89. The normalized spacial score (nSPS) is 27.1. The summed E-state index contributed by atoms with van der Waals surface area (Å²) in [6, 6.07) is 5.85. The molecule has 3 nitrogen and oxygen atoms in total. The van der Waals surface area contributed by atoms with E-state index >= 15 is 0 Å². The Balaban J connectivity index is 2.11. The summed E-state index contributed by atoms with van der Waals surface area (Å²) < 4.78 is 0. The van der Waals surface area contributed by atoms with Gasteiger partial charge in [0.05, 0.1) is 0 Å². The standard InChI is InChI=1S/C15H21ClN2O/c1-9-6-7-17-11(3)14(9)18-15(19)13-5-4-12(16)8-10(13)2/h4-5,8-9,11,14,17H,6-7H2,1-3H3,(H,18,19). The first-order chi connectivity index (χ1) is 8.99. The Hall–Kier alpha value is -1.06. The molecule has 104 valence electrons. The van der Waals surface area contributed by atoms with Gasteiger partial charge in [0.1, 0.15) is 0 Å². The second kappa shape index (κ2) is 5.93. The summed E-state index contributed by atoms with van der Waals surface area (Å²) in [4.78, 5) is 12.4. The maximum atomic E-state index is 12.4. The van der Waals surface area contributed by atoms with Gasteiger partial charge in [0, 0.05) is 22.7 Å². The Morgan fingerprint density at radius 1 is 1.42 bits per heavy atom. The average Bonchev–Trinajstić information content (AvgIpc) is 2.33. The molecule has 1 aromatic carbocycles. The molecule has 3 atom stereocenters. The molecule has 2 rings (SSSR count). The molecule has 0 bridgehead atoms. The van der Waals surface area contributed by atoms with Crippen LogP contribution in [0.3, 0.4) is 0 Å². The number of halogens is 1. The number of carbonyl (C=O) groups is 1. The van der Waals surface area contributed by atoms with Crippen LogP contribution in [0.2, 0.25) is 5.02 Å². The third-order valence-corrected chi connectivity index (χ3v) is 4.18. The van der Waals surface area contributed by atoms with E-state index in [0.29, 0.717) is 22.5 Å². The maximum Gasteiger partial charge on any atom is 0.251 e. The van der Waals surface area contributed by atoms with E-state index in [2.05, 4.69) is 24.5 Å². The number of aryl methyl sites for hydroxylation is 1. The molecule has 0 aromatic heterocycles. The van der Waals surface area contributed by atoms with Crippen molar-refractivity contribution < 1.29 is 4.79 Å². The van der Waals surface area contributed by atoms with Crippen molar-refractivity contribution in [2.75, 3.05) is 6.54 Å². The molecule has 1 aliphatic heterocycles. The Kier molecular flexibility index (Phi) is 4.48. The first-order valence-electron chi connectivity index (χ1n) is 6.79. The van der Waals surface area contributed by atoms with E-state index in [-0.39, 0.29) is 11.9 Å². The van der Waals surface area contributed by atoms with Crippen molar-refractivity contribution in [3.63, 3.8) is 0 Å². The van der Waals surface area contributed by atoms with Gasteiger partial charge in [0.15, 0.2) is 0 Å². The average molecular weight is 281 g/mol. The van der Waals surface area contributed by atoms with Gasteiger partial charge in [-0.2, -0.15) is 0 Å². The number of rotatable bonds is 2. The fourth-order valence-corrected chi connectivity index (χ4v) is 2.94. The highest BCUT2D eigenvalue weighted by Gasteiger charge is 2.29. The van der Waals surface area contributed by atoms with Crippen LogP contribution in [0, 0.1) is 12.8 Å². The van der Waals surface area contributed by atoms with Gasteiger partial charge in [-0.3, -0.25) is 4.79 Å². The molecule has 1 saturated heterocycles. The fraction of sp³-hybridized carbons (Fsp3) is 0.533. The quantitative estimate of drug-likeness (QED) is 0.875. The van der Waals surface area contributed by atoms with Gasteiger partial charge in [-0.05, 0) is 56.5 Å². The van der Waals surface area contributed by atoms with Crippen molar-refractivity contribution in [2.45, 2.75) is 39.3 Å². The van der Waals surface area contributed by atoms with Crippen LogP contribution in [0.1, 0.15) is 36.2 Å². The molecule has 1 aromatic rings. The molecule has 2 N–H and O–H groups in total. The summed E-state index contributed by atoms with van der Waals surface area (Å²) in [6.45, 7) is 7.24. The number of amides is 1. The van der Waals surface area contributed by atoms with Crippen molar-refractivity contribution in [1.29, 1.82) is 0 Å². The van der Waals surface area contributed by atoms with Crippen LogP contribution in [-0.4, -0.2) is 24.5 Å². The maximum absolute atomic E-state index is 12.4. The van der Waals surface area contributed by atoms with Crippen molar-refractivity contribution in [3.8, 4) is 0 Å². The molecule has 0 aliphatic carbocycles. The topological polar surface area (TPSA) is 41.1 Å². The molecule has 0 spiro atoms. The van der Waals surface area contributed by atoms with E-state index in [4.69, 9.17) is 11.6 Å². The molecule has 1 fully saturated rings. The van der Waals surface area contributed by atoms with Crippen LogP contribution in [0.15, 0.2) is 18.2 Å². The second-order valence-electron chi connectivity index (χ2n) is 5.47. The van der Waals surface area contributed by atoms with E-state index in [1.807, 2.05) is 13.0 Å². The lowest BCUT2D eigenvalue weighted by molar-refractivity contribution is 0.0897. The first kappa shape index (κ1) is 14.4. The lowest BCUT2D eigenvalue weighted by Crippen LogP contribution is -2.55. The Labute approximate surface area is 119 Å². The summed E-state index contributed by atoms with van der Waals surface area (Å²) in [5, 5.41) is 7.22. The van der Waals surface area contributed by atoms with Crippen LogP contribution in [-0.2, 0) is 0 Å². The van der Waals surface area contributed by atoms with E-state index < -0.39 is 0 Å². The second-order valence-corrected chi connectivity index (χ2v) is 5.90. The number of carbonyl (C=O) groups excluding carboxylic acids is 1. The number of piperidine rings is 1. The van der Waals surface area contributed by atoms with Crippen molar-refractivity contribution in [1.82, 2.24) is 10.6 Å². The van der Waals surface area contributed by atoms with Crippen molar-refractivity contribution in [2.24, 2.45) is 5.92 Å². The minimum atomic E-state index is -0.0124. The van der Waals surface area contributed by atoms with Crippen LogP contribution in [0.5, 0.6) is 0 Å². The summed E-state index contributed by atoms with van der Waals surface area (Å²) in [5.74, 6) is 0.481. The predicted molar refractivity (Wildman–Crippen MR) is 78.7 cm³/mol. The van der Waals surface area contributed by atoms with Gasteiger partial charge in [0.25, 0.3) is 5.91 Å². The number of benzene rings is 1. The fourth-order valence-electron chi connectivity index (χ4n) is 2.72. The Morgan fingerprint density at radius 3 is 2.79 bits per heavy atom. The molecule has 4 heteroatoms. The van der Waals surface area contributed by atoms with Crippen molar-refractivity contribution in [3.05, 3.63) is 34.3 Å². The van der Waals surface area contributed by atoms with Gasteiger partial charge in [-0.25, -0.2) is 0 Å². The van der Waals surface area contributed by atoms with Gasteiger partial charge in [0.2, 0.25) is 0 Å². The minimum Gasteiger partial charge on any atom is -0.347 e. The summed E-state index contributed by atoms with van der Waals surface area (Å²) in [5.41, 5.74) is 1.61. The molecule has 1 heterocycles. The van der Waals surface area contributed by atoms with E-state index in [1.165, 1.54) is 0 Å². The summed E-state index contributed by atoms with van der Waals surface area (Å²) in [7, 11) is 0. The van der Waals surface area contributed by atoms with E-state index in [1.54, 1.807) is 12.1 Å². The minimum absolute atomic E-state index is 0.0124. The largest absolute Gasteiger partial charge is 0.347 e. The smallest absolute Gasteiger partial charge is 0.251 e. The summed E-state index contributed by atoms with van der Waals surface area (Å²) in [6.07, 6.45) is 1.09. The first-order valence-corrected chi connectivity index (χ1v) is 7.17. The molecule has 0 saturated carbocycles. The highest BCUT2D eigenvalue weighted by atomic mass is 35.5. The zero-order chi connectivity index (χ0) is 14.0. The zero-order valence-electron chi connectivity index (χ0n) is 11.7. The van der Waals surface area contributed by atoms with Crippen LogP contribution in [0.25, 0.3) is 0 Å². The van der Waals surface area contributed by atoms with E-state index in [0.717, 1.165) is 18.5 Å². The Morgan fingerprint density at radius 2 is 2.16 bits per heavy atom. The lowest BCUT2D eigenvalue weighted by Gasteiger charge is -2.36. The molecule has 1 amide bonds. The third-order valence-electron chi connectivity index (χ3n) is 3.95. The van der Waals surface area contributed by atoms with Gasteiger partial charge >= 0.3 is 0 Å². The van der Waals surface area contributed by atoms with Crippen LogP contribution >= 0.6 is 11.6 Å². The molecular formula is C15H21ClN2O. The summed E-state index contributed by atoms with van der Waals surface area (Å²) >= 11 is 5.92. The van der Waals surface area contributed by atoms with Crippen molar-refractivity contribution >= 4 is 17.5 Å². The van der Waals surface area contributed by atoms with Gasteiger partial charge < -0.3 is 10.6 Å².